The molecule has 2 aliphatic rings. The molecule has 0 bridgehead atoms. The number of anilines is 1. The standard InChI is InChI=1S/C24H22N2O3/c1-14(2)26-16-9-11-20-22(13-16)29-21-12-15(25)8-10-19(21)23(20)17-6-4-5-7-18(17)24(27)28-3/h4-14H,25H2,1-3H3/p+1. The van der Waals surface area contributed by atoms with Crippen molar-refractivity contribution >= 4 is 22.6 Å². The van der Waals surface area contributed by atoms with Crippen LogP contribution in [0.1, 0.15) is 24.2 Å². The van der Waals surface area contributed by atoms with E-state index in [-0.39, 0.29) is 5.97 Å². The van der Waals surface area contributed by atoms with Gasteiger partial charge in [-0.05, 0) is 43.7 Å². The summed E-state index contributed by atoms with van der Waals surface area (Å²) in [6, 6.07) is 19.3. The van der Waals surface area contributed by atoms with Gasteiger partial charge in [-0.15, -0.1) is 0 Å². The van der Waals surface area contributed by atoms with E-state index in [0.717, 1.165) is 27.4 Å². The summed E-state index contributed by atoms with van der Waals surface area (Å²) >= 11 is 0. The zero-order valence-electron chi connectivity index (χ0n) is 16.7. The van der Waals surface area contributed by atoms with Gasteiger partial charge in [-0.25, -0.2) is 9.79 Å². The number of rotatable bonds is 3. The lowest BCUT2D eigenvalue weighted by atomic mass is 9.90. The summed E-state index contributed by atoms with van der Waals surface area (Å²) in [4.78, 5) is 15.8. The predicted molar refractivity (Wildman–Crippen MR) is 113 cm³/mol. The number of carbonyl (C=O) groups is 1. The Labute approximate surface area is 168 Å². The first-order chi connectivity index (χ1) is 14.0. The quantitative estimate of drug-likeness (QED) is 0.322. The van der Waals surface area contributed by atoms with Gasteiger partial charge in [0.25, 0.3) is 0 Å². The molecule has 0 saturated heterocycles. The van der Waals surface area contributed by atoms with Crippen molar-refractivity contribution < 1.29 is 18.9 Å². The molecule has 2 aromatic rings. The molecule has 4 rings (SSSR count). The topological polar surface area (TPSA) is 79.4 Å². The van der Waals surface area contributed by atoms with Crippen LogP contribution in [0.4, 0.5) is 5.69 Å². The van der Waals surface area contributed by atoms with E-state index in [1.807, 2.05) is 54.6 Å². The molecule has 1 aliphatic heterocycles. The number of fused-ring (bicyclic) bond motifs is 2. The molecule has 29 heavy (non-hydrogen) atoms. The Morgan fingerprint density at radius 2 is 1.83 bits per heavy atom. The molecule has 2 aromatic carbocycles. The van der Waals surface area contributed by atoms with Crippen LogP contribution in [0.25, 0.3) is 33.4 Å². The number of nitrogen functional groups attached to an aromatic ring is 1. The van der Waals surface area contributed by atoms with Crippen LogP contribution in [0.5, 0.6) is 0 Å². The second-order valence-corrected chi connectivity index (χ2v) is 7.28. The number of carbonyl (C=O) groups excluding carboxylic acids is 1. The zero-order chi connectivity index (χ0) is 20.5. The lowest BCUT2D eigenvalue weighted by Gasteiger charge is -2.17. The van der Waals surface area contributed by atoms with Crippen molar-refractivity contribution in [2.24, 2.45) is 0 Å². The third-order valence-corrected chi connectivity index (χ3v) is 4.80. The summed E-state index contributed by atoms with van der Waals surface area (Å²) < 4.78 is 11.2. The van der Waals surface area contributed by atoms with E-state index in [1.165, 1.54) is 7.11 Å². The molecule has 1 aliphatic carbocycles. The van der Waals surface area contributed by atoms with E-state index in [4.69, 9.17) is 14.9 Å². The number of hydrogen-bond donors (Lipinski definition) is 2. The first-order valence-corrected chi connectivity index (χ1v) is 9.51. The first kappa shape index (κ1) is 18.7. The maximum absolute atomic E-state index is 12.4. The molecule has 0 aromatic heterocycles. The Balaban J connectivity index is 2.13. The monoisotopic (exact) mass is 387 g/mol. The highest BCUT2D eigenvalue weighted by atomic mass is 16.5. The molecule has 0 fully saturated rings. The number of nitrogens with one attached hydrogen (secondary N) is 1. The molecule has 0 spiro atoms. The summed E-state index contributed by atoms with van der Waals surface area (Å²) in [5, 5.41) is 1.85. The molecular weight excluding hydrogens is 364 g/mol. The Bertz CT molecular complexity index is 1250. The summed E-state index contributed by atoms with van der Waals surface area (Å²) in [5.74, 6) is 0.333. The largest absolute Gasteiger partial charge is 0.465 e. The maximum Gasteiger partial charge on any atom is 0.338 e. The van der Waals surface area contributed by atoms with E-state index in [9.17, 15) is 4.79 Å². The Kier molecular flexibility index (Phi) is 4.80. The fourth-order valence-electron chi connectivity index (χ4n) is 3.61. The van der Waals surface area contributed by atoms with Crippen LogP contribution in [-0.4, -0.2) is 19.1 Å². The van der Waals surface area contributed by atoms with Crippen LogP contribution >= 0.6 is 0 Å². The van der Waals surface area contributed by atoms with Crippen molar-refractivity contribution in [2.75, 3.05) is 12.8 Å². The number of methoxy groups -OCH3 is 1. The van der Waals surface area contributed by atoms with Crippen molar-refractivity contribution in [1.29, 1.82) is 0 Å². The van der Waals surface area contributed by atoms with Gasteiger partial charge in [0, 0.05) is 34.3 Å². The van der Waals surface area contributed by atoms with Gasteiger partial charge < -0.3 is 14.9 Å². The second kappa shape index (κ2) is 7.43. The average molecular weight is 387 g/mol. The third kappa shape index (κ3) is 3.47. The van der Waals surface area contributed by atoms with E-state index >= 15 is 0 Å². The highest BCUT2D eigenvalue weighted by molar-refractivity contribution is 6.08. The van der Waals surface area contributed by atoms with Crippen molar-refractivity contribution in [3.63, 3.8) is 0 Å². The SMILES string of the molecule is COC(=O)c1ccccc1-c1c2ccc(=[NH+]C(C)C)cc-2oc2cc(N)ccc12. The molecule has 0 saturated carbocycles. The average Bonchev–Trinajstić information content (AvgIpc) is 2.70. The smallest absolute Gasteiger partial charge is 0.338 e. The van der Waals surface area contributed by atoms with Gasteiger partial charge in [-0.2, -0.15) is 0 Å². The second-order valence-electron chi connectivity index (χ2n) is 7.28. The molecule has 1 heterocycles. The van der Waals surface area contributed by atoms with Gasteiger partial charge in [-0.3, -0.25) is 0 Å². The van der Waals surface area contributed by atoms with Crippen LogP contribution in [0.3, 0.4) is 0 Å². The molecule has 0 radical (unpaired) electrons. The number of esters is 1. The molecule has 5 nitrogen and oxygen atoms in total. The summed E-state index contributed by atoms with van der Waals surface area (Å²) in [5.41, 5.74) is 10.4. The Morgan fingerprint density at radius 1 is 1.03 bits per heavy atom. The molecule has 0 unspecified atom stereocenters. The van der Waals surface area contributed by atoms with Crippen LogP contribution in [0.2, 0.25) is 0 Å². The molecule has 5 heteroatoms. The minimum absolute atomic E-state index is 0.295. The van der Waals surface area contributed by atoms with Crippen LogP contribution in [0.15, 0.2) is 65.1 Å². The molecule has 0 atom stereocenters. The highest BCUT2D eigenvalue weighted by Gasteiger charge is 2.22. The van der Waals surface area contributed by atoms with E-state index in [2.05, 4.69) is 18.8 Å². The molecule has 146 valence electrons. The fraction of sp³-hybridized carbons (Fsp3) is 0.167. The van der Waals surface area contributed by atoms with Crippen molar-refractivity contribution in [2.45, 2.75) is 19.9 Å². The minimum Gasteiger partial charge on any atom is -0.465 e. The number of nitrogens with two attached hydrogens (primary N) is 1. The van der Waals surface area contributed by atoms with Crippen molar-refractivity contribution in [1.82, 2.24) is 0 Å². The Hall–Kier alpha value is -3.60. The summed E-state index contributed by atoms with van der Waals surface area (Å²) in [7, 11) is 1.39. The molecule has 0 amide bonds. The van der Waals surface area contributed by atoms with Crippen LogP contribution in [-0.2, 0) is 4.74 Å². The zero-order valence-corrected chi connectivity index (χ0v) is 16.7. The van der Waals surface area contributed by atoms with Gasteiger partial charge >= 0.3 is 5.97 Å². The van der Waals surface area contributed by atoms with E-state index < -0.39 is 0 Å². The lowest BCUT2D eigenvalue weighted by molar-refractivity contribution is -0.534. The van der Waals surface area contributed by atoms with Gasteiger partial charge in [0.05, 0.1) is 18.7 Å². The van der Waals surface area contributed by atoms with Crippen molar-refractivity contribution in [3.8, 4) is 22.5 Å². The number of hydrogen-bond acceptors (Lipinski definition) is 4. The molecule has 3 N–H and O–H groups in total. The summed E-state index contributed by atoms with van der Waals surface area (Å²) in [6.07, 6.45) is 0. The normalized spacial score (nSPS) is 12.1. The van der Waals surface area contributed by atoms with Gasteiger partial charge in [0.2, 0.25) is 5.36 Å². The Morgan fingerprint density at radius 3 is 2.59 bits per heavy atom. The third-order valence-electron chi connectivity index (χ3n) is 4.80. The number of benzene rings is 3. The molecular formula is C24H23N2O3+. The van der Waals surface area contributed by atoms with Gasteiger partial charge in [-0.1, -0.05) is 18.2 Å². The lowest BCUT2D eigenvalue weighted by Crippen LogP contribution is -2.81. The highest BCUT2D eigenvalue weighted by Crippen LogP contribution is 2.41. The summed E-state index contributed by atoms with van der Waals surface area (Å²) in [6.45, 7) is 4.17. The van der Waals surface area contributed by atoms with Crippen LogP contribution in [0, 0.1) is 0 Å². The fourth-order valence-corrected chi connectivity index (χ4v) is 3.61. The van der Waals surface area contributed by atoms with Gasteiger partial charge in [0.1, 0.15) is 17.4 Å². The van der Waals surface area contributed by atoms with Crippen LogP contribution < -0.4 is 16.1 Å². The van der Waals surface area contributed by atoms with E-state index in [1.54, 1.807) is 6.07 Å². The van der Waals surface area contributed by atoms with E-state index in [0.29, 0.717) is 28.6 Å². The van der Waals surface area contributed by atoms with Gasteiger partial charge in [0.15, 0.2) is 0 Å². The number of ether oxygens (including phenoxy) is 1. The maximum atomic E-state index is 12.4. The van der Waals surface area contributed by atoms with Crippen molar-refractivity contribution in [3.05, 3.63) is 71.6 Å². The predicted octanol–water partition coefficient (Wildman–Crippen LogP) is 2.96. The minimum atomic E-state index is -0.378. The first-order valence-electron chi connectivity index (χ1n) is 9.51.